The van der Waals surface area contributed by atoms with Crippen molar-refractivity contribution in [3.63, 3.8) is 0 Å². The van der Waals surface area contributed by atoms with E-state index in [1.807, 2.05) is 26.0 Å². The molecule has 0 bridgehead atoms. The maximum absolute atomic E-state index is 14.6. The highest BCUT2D eigenvalue weighted by molar-refractivity contribution is 7.09. The molecule has 2 aromatic carbocycles. The molecule has 4 N–H and O–H groups in total. The molecule has 10 heteroatoms. The molecule has 2 fully saturated rings. The molecular weight excluding hydrogens is 565 g/mol. The minimum Gasteiger partial charge on any atom is -0.395 e. The molecule has 2 aliphatic carbocycles. The van der Waals surface area contributed by atoms with Gasteiger partial charge in [-0.15, -0.1) is 0 Å². The number of rotatable bonds is 8. The summed E-state index contributed by atoms with van der Waals surface area (Å²) in [6.45, 7) is 3.83. The van der Waals surface area contributed by atoms with E-state index in [4.69, 9.17) is 5.73 Å². The molecule has 5 rings (SSSR count). The molecule has 2 aliphatic rings. The number of aromatic nitrogens is 1. The van der Waals surface area contributed by atoms with E-state index in [0.29, 0.717) is 11.3 Å². The van der Waals surface area contributed by atoms with Gasteiger partial charge in [-0.05, 0) is 86.0 Å². The maximum atomic E-state index is 14.6. The molecule has 228 valence electrons. The maximum Gasteiger partial charge on any atom is 0.273 e. The van der Waals surface area contributed by atoms with E-state index in [2.05, 4.69) is 15.0 Å². The molecule has 3 amide bonds. The second kappa shape index (κ2) is 13.7. The Balaban J connectivity index is 1.56. The Bertz CT molecular complexity index is 1460. The number of benzene rings is 2. The van der Waals surface area contributed by atoms with Crippen LogP contribution >= 0.6 is 11.5 Å². The molecule has 0 radical (unpaired) electrons. The average molecular weight is 606 g/mol. The molecule has 1 atom stereocenters. The minimum absolute atomic E-state index is 0.0100. The van der Waals surface area contributed by atoms with Crippen LogP contribution in [0, 0.1) is 19.7 Å². The zero-order valence-corrected chi connectivity index (χ0v) is 25.6. The van der Waals surface area contributed by atoms with E-state index < -0.39 is 23.7 Å². The van der Waals surface area contributed by atoms with Crippen LogP contribution in [-0.2, 0) is 4.79 Å². The van der Waals surface area contributed by atoms with Crippen molar-refractivity contribution in [1.82, 2.24) is 15.0 Å². The SMILES string of the molecule is Cc1cccc(N(C(=O)c2snc(C(=O)NC3CCCCC3)c2N)C(C(=O)NC2CCCCC2)c2ccc(F)cc2)c1C. The van der Waals surface area contributed by atoms with Crippen molar-refractivity contribution in [2.24, 2.45) is 0 Å². The number of nitrogen functional groups attached to an aromatic ring is 1. The van der Waals surface area contributed by atoms with Crippen LogP contribution in [0.15, 0.2) is 42.5 Å². The Morgan fingerprint density at radius 2 is 1.51 bits per heavy atom. The molecule has 1 unspecified atom stereocenters. The van der Waals surface area contributed by atoms with Gasteiger partial charge in [-0.3, -0.25) is 19.3 Å². The Labute approximate surface area is 256 Å². The van der Waals surface area contributed by atoms with Gasteiger partial charge in [0.25, 0.3) is 11.8 Å². The van der Waals surface area contributed by atoms with Crippen LogP contribution in [0.2, 0.25) is 0 Å². The first-order valence-electron chi connectivity index (χ1n) is 15.3. The second-order valence-corrected chi connectivity index (χ2v) is 12.5. The highest BCUT2D eigenvalue weighted by Crippen LogP contribution is 2.36. The standard InChI is InChI=1S/C33H40FN5O3S/c1-20-10-9-15-26(21(20)2)39(29(22-16-18-23(34)19-17-22)32(41)37-25-13-7-4-8-14-25)33(42)30-27(35)28(38-43-30)31(40)36-24-11-5-3-6-12-24/h9-10,15-19,24-25,29H,3-8,11-14,35H2,1-2H3,(H,36,40)(H,37,41). The summed E-state index contributed by atoms with van der Waals surface area (Å²) in [5.74, 6) is -1.75. The summed E-state index contributed by atoms with van der Waals surface area (Å²) in [6, 6.07) is 10.1. The Morgan fingerprint density at radius 1 is 0.907 bits per heavy atom. The fourth-order valence-electron chi connectivity index (χ4n) is 6.18. The number of amides is 3. The summed E-state index contributed by atoms with van der Waals surface area (Å²) in [7, 11) is 0. The van der Waals surface area contributed by atoms with Crippen LogP contribution < -0.4 is 21.3 Å². The number of hydrogen-bond donors (Lipinski definition) is 3. The first-order chi connectivity index (χ1) is 20.7. The van der Waals surface area contributed by atoms with Gasteiger partial charge in [0.05, 0.1) is 5.69 Å². The zero-order valence-electron chi connectivity index (χ0n) is 24.8. The molecule has 43 heavy (non-hydrogen) atoms. The number of anilines is 2. The van der Waals surface area contributed by atoms with Crippen molar-refractivity contribution < 1.29 is 18.8 Å². The van der Waals surface area contributed by atoms with Crippen molar-refractivity contribution >= 4 is 40.6 Å². The number of aryl methyl sites for hydroxylation is 1. The topological polar surface area (TPSA) is 117 Å². The van der Waals surface area contributed by atoms with Crippen LogP contribution in [0.3, 0.4) is 0 Å². The van der Waals surface area contributed by atoms with Crippen LogP contribution in [0.4, 0.5) is 15.8 Å². The fraction of sp³-hybridized carbons (Fsp3) is 0.455. The summed E-state index contributed by atoms with van der Waals surface area (Å²) < 4.78 is 18.4. The van der Waals surface area contributed by atoms with Gasteiger partial charge in [0, 0.05) is 17.8 Å². The van der Waals surface area contributed by atoms with Gasteiger partial charge in [0.2, 0.25) is 5.91 Å². The van der Waals surface area contributed by atoms with Crippen molar-refractivity contribution in [1.29, 1.82) is 0 Å². The summed E-state index contributed by atoms with van der Waals surface area (Å²) in [5, 5.41) is 6.20. The predicted octanol–water partition coefficient (Wildman–Crippen LogP) is 6.38. The van der Waals surface area contributed by atoms with Gasteiger partial charge in [-0.2, -0.15) is 4.37 Å². The summed E-state index contributed by atoms with van der Waals surface area (Å²) in [5.41, 5.74) is 9.21. The van der Waals surface area contributed by atoms with E-state index in [0.717, 1.165) is 86.9 Å². The molecule has 8 nitrogen and oxygen atoms in total. The number of carbonyl (C=O) groups excluding carboxylic acids is 3. The van der Waals surface area contributed by atoms with Crippen molar-refractivity contribution in [3.8, 4) is 0 Å². The van der Waals surface area contributed by atoms with E-state index in [9.17, 15) is 18.8 Å². The normalized spacial score (nSPS) is 16.8. The Hall–Kier alpha value is -3.79. The van der Waals surface area contributed by atoms with E-state index in [1.54, 1.807) is 6.07 Å². The number of nitrogens with two attached hydrogens (primary N) is 1. The summed E-state index contributed by atoms with van der Waals surface area (Å²) >= 11 is 0.851. The van der Waals surface area contributed by atoms with Crippen molar-refractivity contribution in [2.45, 2.75) is 96.2 Å². The lowest BCUT2D eigenvalue weighted by Crippen LogP contribution is -2.47. The molecule has 2 saturated carbocycles. The largest absolute Gasteiger partial charge is 0.395 e. The van der Waals surface area contributed by atoms with Crippen LogP contribution in [0.5, 0.6) is 0 Å². The van der Waals surface area contributed by atoms with Gasteiger partial charge in [-0.1, -0.05) is 62.8 Å². The molecule has 1 aromatic heterocycles. The lowest BCUT2D eigenvalue weighted by atomic mass is 9.94. The minimum atomic E-state index is -1.11. The van der Waals surface area contributed by atoms with Crippen LogP contribution in [0.25, 0.3) is 0 Å². The zero-order chi connectivity index (χ0) is 30.5. The molecule has 1 heterocycles. The number of nitrogens with zero attached hydrogens (tertiary/aromatic N) is 2. The van der Waals surface area contributed by atoms with E-state index in [1.165, 1.54) is 29.2 Å². The third-order valence-electron chi connectivity index (χ3n) is 8.78. The van der Waals surface area contributed by atoms with E-state index >= 15 is 0 Å². The highest BCUT2D eigenvalue weighted by atomic mass is 32.1. The second-order valence-electron chi connectivity index (χ2n) is 11.8. The molecule has 0 spiro atoms. The molecular formula is C33H40FN5O3S. The summed E-state index contributed by atoms with van der Waals surface area (Å²) in [4.78, 5) is 43.4. The molecule has 3 aromatic rings. The molecule has 0 aliphatic heterocycles. The Morgan fingerprint density at radius 3 is 2.14 bits per heavy atom. The van der Waals surface area contributed by atoms with Gasteiger partial charge in [-0.25, -0.2) is 4.39 Å². The number of hydrogen-bond acceptors (Lipinski definition) is 6. The van der Waals surface area contributed by atoms with Gasteiger partial charge >= 0.3 is 0 Å². The quantitative estimate of drug-likeness (QED) is 0.275. The lowest BCUT2D eigenvalue weighted by Gasteiger charge is -2.34. The van der Waals surface area contributed by atoms with Crippen molar-refractivity contribution in [2.75, 3.05) is 10.6 Å². The average Bonchev–Trinajstić information content (AvgIpc) is 3.40. The Kier molecular flexibility index (Phi) is 9.75. The van der Waals surface area contributed by atoms with Crippen LogP contribution in [-0.4, -0.2) is 34.2 Å². The predicted molar refractivity (Wildman–Crippen MR) is 168 cm³/mol. The highest BCUT2D eigenvalue weighted by Gasteiger charge is 2.38. The smallest absolute Gasteiger partial charge is 0.273 e. The number of carbonyl (C=O) groups is 3. The third-order valence-corrected chi connectivity index (χ3v) is 9.63. The monoisotopic (exact) mass is 605 g/mol. The van der Waals surface area contributed by atoms with Gasteiger partial charge < -0.3 is 16.4 Å². The van der Waals surface area contributed by atoms with E-state index in [-0.39, 0.29) is 34.2 Å². The first-order valence-corrected chi connectivity index (χ1v) is 16.0. The molecule has 0 saturated heterocycles. The van der Waals surface area contributed by atoms with Gasteiger partial charge in [0.1, 0.15) is 16.7 Å². The lowest BCUT2D eigenvalue weighted by molar-refractivity contribution is -0.123. The van der Waals surface area contributed by atoms with Crippen LogP contribution in [0.1, 0.15) is 107 Å². The first kappa shape index (κ1) is 30.7. The third kappa shape index (κ3) is 6.90. The van der Waals surface area contributed by atoms with Crippen molar-refractivity contribution in [3.05, 3.63) is 75.5 Å². The van der Waals surface area contributed by atoms with Gasteiger partial charge in [0.15, 0.2) is 5.69 Å². The fourth-order valence-corrected chi connectivity index (χ4v) is 6.91. The number of halogens is 1. The number of nitrogens with one attached hydrogen (secondary N) is 2. The summed E-state index contributed by atoms with van der Waals surface area (Å²) in [6.07, 6.45) is 9.96.